The second-order valence-corrected chi connectivity index (χ2v) is 12.7. The largest absolute Gasteiger partial charge is 0.493 e. The molecule has 0 radical (unpaired) electrons. The highest BCUT2D eigenvalue weighted by Gasteiger charge is 2.37. The number of aliphatic imine (C=N–C) groups is 2. The van der Waals surface area contributed by atoms with Crippen LogP contribution in [0.3, 0.4) is 0 Å². The van der Waals surface area contributed by atoms with Gasteiger partial charge in [0.25, 0.3) is 11.8 Å². The fraction of sp³-hybridized carbons (Fsp3) is 0.178. The second-order valence-electron chi connectivity index (χ2n) is 12.7. The van der Waals surface area contributed by atoms with E-state index < -0.39 is 5.91 Å². The lowest BCUT2D eigenvalue weighted by Crippen LogP contribution is -1.98. The van der Waals surface area contributed by atoms with Gasteiger partial charge in [0, 0.05) is 49.4 Å². The first-order valence-corrected chi connectivity index (χ1v) is 17.7. The Hall–Kier alpha value is -6.68. The van der Waals surface area contributed by atoms with E-state index in [-0.39, 0.29) is 11.5 Å². The Kier molecular flexibility index (Phi) is 9.76. The van der Waals surface area contributed by atoms with Crippen molar-refractivity contribution in [1.29, 1.82) is 10.7 Å². The molecule has 0 saturated carbocycles. The van der Waals surface area contributed by atoms with Gasteiger partial charge in [-0.2, -0.15) is 5.26 Å². The number of carbonyl (C=O) groups is 2. The molecule has 2 amide bonds. The third-order valence-corrected chi connectivity index (χ3v) is 9.67. The van der Waals surface area contributed by atoms with Crippen LogP contribution in [0, 0.1) is 16.7 Å². The van der Waals surface area contributed by atoms with Crippen molar-refractivity contribution in [2.24, 2.45) is 9.98 Å². The van der Waals surface area contributed by atoms with Crippen LogP contribution in [-0.2, 0) is 16.0 Å². The van der Waals surface area contributed by atoms with Gasteiger partial charge in [0.05, 0.1) is 24.6 Å². The average molecular weight is 697 g/mol. The zero-order valence-electron chi connectivity index (χ0n) is 29.6. The molecule has 9 rings (SSSR count). The SMILES string of the molecule is C=C=N.CCOc1ccc2c3c(cccc13)C1=NC(=O)C(C#N)=C12.CCOc1ccc2c3c(cccc13)C1=NC(=O)C(CCCCc3ccccc3)=C12. The van der Waals surface area contributed by atoms with Crippen LogP contribution in [0.2, 0.25) is 0 Å². The van der Waals surface area contributed by atoms with Gasteiger partial charge in [0.15, 0.2) is 0 Å². The number of aryl methyl sites for hydroxylation is 1. The second kappa shape index (κ2) is 14.9. The fourth-order valence-corrected chi connectivity index (χ4v) is 7.60. The van der Waals surface area contributed by atoms with E-state index in [1.807, 2.05) is 68.4 Å². The topological polar surface area (TPSA) is 125 Å². The first-order chi connectivity index (χ1) is 25.9. The minimum absolute atomic E-state index is 0.0637. The predicted molar refractivity (Wildman–Crippen MR) is 210 cm³/mol. The number of nitriles is 1. The normalized spacial score (nSPS) is 14.1. The van der Waals surface area contributed by atoms with E-state index in [1.165, 1.54) is 10.9 Å². The van der Waals surface area contributed by atoms with Gasteiger partial charge in [-0.25, -0.2) is 9.98 Å². The summed E-state index contributed by atoms with van der Waals surface area (Å²) in [5, 5.41) is 19.3. The zero-order valence-corrected chi connectivity index (χ0v) is 29.6. The Balaban J connectivity index is 0.000000160. The molecule has 4 aliphatic rings. The molecule has 2 aliphatic carbocycles. The molecule has 2 aliphatic heterocycles. The molecule has 1 N–H and O–H groups in total. The first-order valence-electron chi connectivity index (χ1n) is 17.7. The number of nitrogens with one attached hydrogen (secondary N) is 1. The van der Waals surface area contributed by atoms with Crippen molar-refractivity contribution >= 4 is 61.8 Å². The van der Waals surface area contributed by atoms with E-state index in [9.17, 15) is 14.9 Å². The minimum Gasteiger partial charge on any atom is -0.493 e. The maximum absolute atomic E-state index is 12.7. The lowest BCUT2D eigenvalue weighted by molar-refractivity contribution is -0.114. The van der Waals surface area contributed by atoms with Crippen LogP contribution in [0.4, 0.5) is 0 Å². The van der Waals surface area contributed by atoms with Gasteiger partial charge < -0.3 is 9.47 Å². The number of amides is 2. The van der Waals surface area contributed by atoms with E-state index in [0.717, 1.165) is 92.5 Å². The Bertz CT molecular complexity index is 2550. The molecule has 8 heteroatoms. The molecule has 0 fully saturated rings. The van der Waals surface area contributed by atoms with E-state index in [1.54, 1.807) is 5.87 Å². The lowest BCUT2D eigenvalue weighted by atomic mass is 9.96. The molecule has 53 heavy (non-hydrogen) atoms. The van der Waals surface area contributed by atoms with Crippen LogP contribution in [0.5, 0.6) is 11.5 Å². The van der Waals surface area contributed by atoms with Gasteiger partial charge in [0.1, 0.15) is 23.1 Å². The summed E-state index contributed by atoms with van der Waals surface area (Å²) in [6.07, 6.45) is 3.86. The summed E-state index contributed by atoms with van der Waals surface area (Å²) >= 11 is 0. The number of nitrogens with zero attached hydrogens (tertiary/aromatic N) is 3. The van der Waals surface area contributed by atoms with Crippen molar-refractivity contribution in [3.05, 3.63) is 137 Å². The third-order valence-electron chi connectivity index (χ3n) is 9.67. The van der Waals surface area contributed by atoms with Crippen molar-refractivity contribution < 1.29 is 19.1 Å². The van der Waals surface area contributed by atoms with Gasteiger partial charge in [0.2, 0.25) is 0 Å². The molecule has 8 nitrogen and oxygen atoms in total. The smallest absolute Gasteiger partial charge is 0.288 e. The van der Waals surface area contributed by atoms with Gasteiger partial charge in [-0.1, -0.05) is 66.7 Å². The molecule has 5 aromatic carbocycles. The van der Waals surface area contributed by atoms with Crippen molar-refractivity contribution in [2.45, 2.75) is 39.5 Å². The molecule has 260 valence electrons. The average Bonchev–Trinajstić information content (AvgIpc) is 3.88. The zero-order chi connectivity index (χ0) is 37.1. The van der Waals surface area contributed by atoms with Gasteiger partial charge in [-0.05, 0) is 92.9 Å². The fourth-order valence-electron chi connectivity index (χ4n) is 7.60. The quantitative estimate of drug-likeness (QED) is 0.122. The molecule has 0 saturated heterocycles. The highest BCUT2D eigenvalue weighted by Crippen LogP contribution is 2.47. The highest BCUT2D eigenvalue weighted by atomic mass is 16.5. The number of fused-ring (bicyclic) bond motifs is 6. The standard InChI is InChI=1S/C26H23NO2.C17H10N2O2.C2H3N/c1-2-29-22-16-15-19-23-18(22)13-8-14-20(23)25-24(19)21(26(28)27-25)12-7-6-11-17-9-4-3-5-10-17;1-2-21-13-7-6-10-14-9(13)4-3-5-11(14)16-15(10)12(8-18)17(20)19-16;1-2-3/h3-5,8-10,13-16H,2,6-7,11-12H2,1H3;3-7H,2H2,1H3;3H,1H2. The van der Waals surface area contributed by atoms with Crippen LogP contribution in [-0.4, -0.2) is 42.3 Å². The number of hydrogen-bond acceptors (Lipinski definition) is 6. The van der Waals surface area contributed by atoms with Crippen LogP contribution in [0.25, 0.3) is 32.7 Å². The van der Waals surface area contributed by atoms with Crippen molar-refractivity contribution in [1.82, 2.24) is 0 Å². The van der Waals surface area contributed by atoms with Crippen molar-refractivity contribution in [3.63, 3.8) is 0 Å². The molecule has 0 atom stereocenters. The van der Waals surface area contributed by atoms with Crippen LogP contribution in [0.1, 0.15) is 60.9 Å². The minimum atomic E-state index is -0.445. The predicted octanol–water partition coefficient (Wildman–Crippen LogP) is 9.03. The molecule has 5 aromatic rings. The summed E-state index contributed by atoms with van der Waals surface area (Å²) in [7, 11) is 0. The molecule has 0 bridgehead atoms. The molecule has 2 heterocycles. The molecule has 0 aromatic heterocycles. The molecule has 0 spiro atoms. The van der Waals surface area contributed by atoms with Crippen LogP contribution < -0.4 is 9.47 Å². The number of hydrogen-bond donors (Lipinski definition) is 1. The van der Waals surface area contributed by atoms with Crippen molar-refractivity contribution in [3.8, 4) is 17.6 Å². The molecular formula is C45H36N4O4. The van der Waals surface area contributed by atoms with E-state index in [2.05, 4.69) is 59.0 Å². The summed E-state index contributed by atoms with van der Waals surface area (Å²) in [5.74, 6) is 2.94. The maximum Gasteiger partial charge on any atom is 0.288 e. The van der Waals surface area contributed by atoms with E-state index in [4.69, 9.17) is 14.9 Å². The van der Waals surface area contributed by atoms with Gasteiger partial charge in [-0.15, -0.1) is 0 Å². The monoisotopic (exact) mass is 696 g/mol. The summed E-state index contributed by atoms with van der Waals surface area (Å²) in [6.45, 7) is 8.06. The van der Waals surface area contributed by atoms with E-state index in [0.29, 0.717) is 24.5 Å². The Morgan fingerprint density at radius 2 is 1.19 bits per heavy atom. The number of unbranched alkanes of at least 4 members (excludes halogenated alkanes) is 1. The maximum atomic E-state index is 12.7. The number of carbonyl (C=O) groups excluding carboxylic acids is 2. The van der Waals surface area contributed by atoms with Gasteiger partial charge in [-0.3, -0.25) is 15.0 Å². The number of allylic oxidation sites excluding steroid dienone is 2. The molecular weight excluding hydrogens is 661 g/mol. The Labute approximate surface area is 307 Å². The summed E-state index contributed by atoms with van der Waals surface area (Å²) in [4.78, 5) is 33.0. The highest BCUT2D eigenvalue weighted by molar-refractivity contribution is 6.50. The summed E-state index contributed by atoms with van der Waals surface area (Å²) in [5.41, 5.74) is 9.50. The number of ether oxygens (including phenoxy) is 2. The van der Waals surface area contributed by atoms with Crippen molar-refractivity contribution in [2.75, 3.05) is 13.2 Å². The third kappa shape index (κ3) is 6.08. The summed E-state index contributed by atoms with van der Waals surface area (Å²) in [6, 6.07) is 32.4. The molecule has 0 unspecified atom stereocenters. The van der Waals surface area contributed by atoms with Gasteiger partial charge >= 0.3 is 0 Å². The Morgan fingerprint density at radius 3 is 1.75 bits per heavy atom. The van der Waals surface area contributed by atoms with Crippen LogP contribution >= 0.6 is 0 Å². The Morgan fingerprint density at radius 1 is 0.660 bits per heavy atom. The number of benzene rings is 5. The van der Waals surface area contributed by atoms with Crippen LogP contribution in [0.15, 0.2) is 119 Å². The number of rotatable bonds is 9. The lowest BCUT2D eigenvalue weighted by Gasteiger charge is -2.10. The van der Waals surface area contributed by atoms with E-state index >= 15 is 0 Å². The summed E-state index contributed by atoms with van der Waals surface area (Å²) < 4.78 is 11.5. The first kappa shape index (κ1) is 34.8.